The van der Waals surface area contributed by atoms with Gasteiger partial charge in [0.1, 0.15) is 0 Å². The number of nitrogens with zero attached hydrogens (tertiary/aromatic N) is 1. The van der Waals surface area contributed by atoms with Gasteiger partial charge in [0, 0.05) is 22.7 Å². The summed E-state index contributed by atoms with van der Waals surface area (Å²) in [6, 6.07) is 2.06. The van der Waals surface area contributed by atoms with Crippen molar-refractivity contribution in [1.29, 1.82) is 0 Å². The van der Waals surface area contributed by atoms with Crippen LogP contribution in [0.15, 0.2) is 6.07 Å². The molecule has 0 spiro atoms. The average Bonchev–Trinajstić information content (AvgIpc) is 2.97. The van der Waals surface area contributed by atoms with Gasteiger partial charge in [-0.2, -0.15) is 4.31 Å². The highest BCUT2D eigenvalue weighted by atomic mass is 32.2. The molecule has 2 aliphatic rings. The van der Waals surface area contributed by atoms with E-state index in [1.165, 1.54) is 4.88 Å². The van der Waals surface area contributed by atoms with Crippen molar-refractivity contribution in [3.63, 3.8) is 0 Å². The largest absolute Gasteiger partial charge is 0.505 e. The van der Waals surface area contributed by atoms with Gasteiger partial charge in [-0.1, -0.05) is 0 Å². The molecule has 3 rings (SSSR count). The van der Waals surface area contributed by atoms with Crippen molar-refractivity contribution in [3.8, 4) is 0 Å². The average molecular weight is 357 g/mol. The molecule has 0 atom stereocenters. The standard InChI is InChI=1S/C15H24BNO4S2/c1-6-23(18,19)17-8-7-12-11(10-17)9-13(22-12)16-20-14(2,3)15(4,5)21-16/h9H,6-8,10H2,1-5H3. The summed E-state index contributed by atoms with van der Waals surface area (Å²) in [6.45, 7) is 10.9. The summed E-state index contributed by atoms with van der Waals surface area (Å²) in [5.74, 6) is 0.149. The van der Waals surface area contributed by atoms with E-state index in [9.17, 15) is 8.42 Å². The van der Waals surface area contributed by atoms with Crippen LogP contribution < -0.4 is 4.78 Å². The first kappa shape index (κ1) is 17.4. The molecular formula is C15H24BNO4S2. The number of hydrogen-bond acceptors (Lipinski definition) is 5. The summed E-state index contributed by atoms with van der Waals surface area (Å²) in [5, 5.41) is 0. The second-order valence-electron chi connectivity index (χ2n) is 7.17. The highest BCUT2D eigenvalue weighted by molar-refractivity contribution is 7.89. The number of fused-ring (bicyclic) bond motifs is 1. The van der Waals surface area contributed by atoms with Gasteiger partial charge in [-0.3, -0.25) is 0 Å². The first-order valence-corrected chi connectivity index (χ1v) is 10.4. The van der Waals surface area contributed by atoms with E-state index < -0.39 is 10.0 Å². The third kappa shape index (κ3) is 3.00. The van der Waals surface area contributed by atoms with Crippen molar-refractivity contribution < 1.29 is 17.7 Å². The monoisotopic (exact) mass is 357 g/mol. The predicted octanol–water partition coefficient (Wildman–Crippen LogP) is 1.76. The molecule has 8 heteroatoms. The van der Waals surface area contributed by atoms with Crippen LogP contribution in [-0.2, 0) is 32.3 Å². The van der Waals surface area contributed by atoms with Crippen LogP contribution in [0.1, 0.15) is 45.1 Å². The van der Waals surface area contributed by atoms with Crippen molar-refractivity contribution in [3.05, 3.63) is 16.5 Å². The molecular weight excluding hydrogens is 333 g/mol. The van der Waals surface area contributed by atoms with Crippen molar-refractivity contribution >= 4 is 33.3 Å². The van der Waals surface area contributed by atoms with Crippen LogP contribution in [0.4, 0.5) is 0 Å². The van der Waals surface area contributed by atoms with E-state index in [-0.39, 0.29) is 24.1 Å². The molecule has 1 fully saturated rings. The van der Waals surface area contributed by atoms with E-state index in [1.54, 1.807) is 22.6 Å². The lowest BCUT2D eigenvalue weighted by atomic mass is 9.87. The van der Waals surface area contributed by atoms with Gasteiger partial charge in [0.2, 0.25) is 10.0 Å². The van der Waals surface area contributed by atoms with Gasteiger partial charge >= 0.3 is 7.12 Å². The van der Waals surface area contributed by atoms with E-state index in [2.05, 4.69) is 6.07 Å². The molecule has 0 unspecified atom stereocenters. The lowest BCUT2D eigenvalue weighted by molar-refractivity contribution is 0.00578. The highest BCUT2D eigenvalue weighted by Gasteiger charge is 2.52. The van der Waals surface area contributed by atoms with Gasteiger partial charge in [0.15, 0.2) is 0 Å². The second kappa shape index (κ2) is 5.56. The third-order valence-corrected chi connectivity index (χ3v) is 8.18. The van der Waals surface area contributed by atoms with Crippen molar-refractivity contribution in [2.45, 2.75) is 58.8 Å². The van der Waals surface area contributed by atoms with E-state index in [1.807, 2.05) is 27.7 Å². The minimum atomic E-state index is -3.14. The maximum Gasteiger partial charge on any atom is 0.505 e. The third-order valence-electron chi connectivity index (χ3n) is 5.09. The van der Waals surface area contributed by atoms with Crippen LogP contribution in [0.25, 0.3) is 0 Å². The molecule has 0 aliphatic carbocycles. The predicted molar refractivity (Wildman–Crippen MR) is 93.6 cm³/mol. The quantitative estimate of drug-likeness (QED) is 0.774. The number of thiophene rings is 1. The van der Waals surface area contributed by atoms with Crippen molar-refractivity contribution in [1.82, 2.24) is 4.31 Å². The molecule has 0 aromatic carbocycles. The molecule has 0 amide bonds. The molecule has 23 heavy (non-hydrogen) atoms. The molecule has 0 saturated carbocycles. The van der Waals surface area contributed by atoms with Gasteiger partial charge < -0.3 is 9.31 Å². The first-order chi connectivity index (χ1) is 10.6. The molecule has 2 aliphatic heterocycles. The Morgan fingerprint density at radius 1 is 1.26 bits per heavy atom. The van der Waals surface area contributed by atoms with Crippen LogP contribution in [0.5, 0.6) is 0 Å². The van der Waals surface area contributed by atoms with Gasteiger partial charge in [-0.15, -0.1) is 11.3 Å². The molecule has 1 aromatic heterocycles. The van der Waals surface area contributed by atoms with Crippen LogP contribution in [0.2, 0.25) is 0 Å². The summed E-state index contributed by atoms with van der Waals surface area (Å²) in [6.07, 6.45) is 0.763. The zero-order valence-corrected chi connectivity index (χ0v) is 16.0. The van der Waals surface area contributed by atoms with Crippen LogP contribution in [0.3, 0.4) is 0 Å². The Morgan fingerprint density at radius 3 is 2.43 bits per heavy atom. The number of rotatable bonds is 3. The van der Waals surface area contributed by atoms with Crippen molar-refractivity contribution in [2.24, 2.45) is 0 Å². The maximum absolute atomic E-state index is 12.1. The van der Waals surface area contributed by atoms with Gasteiger partial charge in [0.25, 0.3) is 0 Å². The molecule has 0 radical (unpaired) electrons. The Kier molecular flexibility index (Phi) is 4.21. The Hall–Kier alpha value is -0.405. The smallest absolute Gasteiger partial charge is 0.399 e. The Bertz CT molecular complexity index is 695. The lowest BCUT2D eigenvalue weighted by Crippen LogP contribution is -2.41. The molecule has 1 aromatic rings. The van der Waals surface area contributed by atoms with E-state index >= 15 is 0 Å². The van der Waals surface area contributed by atoms with E-state index in [4.69, 9.17) is 9.31 Å². The fraction of sp³-hybridized carbons (Fsp3) is 0.733. The summed E-state index contributed by atoms with van der Waals surface area (Å²) in [7, 11) is -3.50. The number of sulfonamides is 1. The highest BCUT2D eigenvalue weighted by Crippen LogP contribution is 2.37. The Morgan fingerprint density at radius 2 is 1.87 bits per heavy atom. The van der Waals surface area contributed by atoms with Gasteiger partial charge in [0.05, 0.1) is 17.0 Å². The minimum Gasteiger partial charge on any atom is -0.399 e. The maximum atomic E-state index is 12.1. The zero-order chi connectivity index (χ0) is 17.0. The normalized spacial score (nSPS) is 24.0. The van der Waals surface area contributed by atoms with Gasteiger partial charge in [-0.05, 0) is 52.7 Å². The molecule has 5 nitrogen and oxygen atoms in total. The van der Waals surface area contributed by atoms with Crippen LogP contribution in [-0.4, -0.2) is 43.3 Å². The first-order valence-electron chi connectivity index (χ1n) is 8.01. The lowest BCUT2D eigenvalue weighted by Gasteiger charge is -2.32. The van der Waals surface area contributed by atoms with Crippen LogP contribution >= 0.6 is 11.3 Å². The van der Waals surface area contributed by atoms with E-state index in [0.717, 1.165) is 16.8 Å². The number of hydrogen-bond donors (Lipinski definition) is 0. The fourth-order valence-electron chi connectivity index (χ4n) is 2.83. The van der Waals surface area contributed by atoms with E-state index in [0.29, 0.717) is 13.1 Å². The van der Waals surface area contributed by atoms with Crippen LogP contribution in [0, 0.1) is 0 Å². The fourth-order valence-corrected chi connectivity index (χ4v) is 5.02. The summed E-state index contributed by atoms with van der Waals surface area (Å²) < 4.78 is 39.0. The Balaban J connectivity index is 1.83. The summed E-state index contributed by atoms with van der Waals surface area (Å²) >= 11 is 1.68. The zero-order valence-electron chi connectivity index (χ0n) is 14.4. The molecule has 128 valence electrons. The Labute approximate surface area is 143 Å². The molecule has 0 bridgehead atoms. The van der Waals surface area contributed by atoms with Crippen molar-refractivity contribution in [2.75, 3.05) is 12.3 Å². The topological polar surface area (TPSA) is 55.8 Å². The summed E-state index contributed by atoms with van der Waals surface area (Å²) in [5.41, 5.74) is 0.363. The SMILES string of the molecule is CCS(=O)(=O)N1CCc2sc(B3OC(C)(C)C(C)(C)O3)cc2C1. The minimum absolute atomic E-state index is 0.149. The van der Waals surface area contributed by atoms with Gasteiger partial charge in [-0.25, -0.2) is 8.42 Å². The second-order valence-corrected chi connectivity index (χ2v) is 10.6. The molecule has 1 saturated heterocycles. The summed E-state index contributed by atoms with van der Waals surface area (Å²) in [4.78, 5) is 1.25. The molecule has 3 heterocycles. The molecule has 0 N–H and O–H groups in total.